The molecular formula is C20H22N6O3. The van der Waals surface area contributed by atoms with Gasteiger partial charge in [-0.3, -0.25) is 19.8 Å². The fourth-order valence-electron chi connectivity index (χ4n) is 2.92. The first kappa shape index (κ1) is 20.2. The number of amides is 1. The first-order valence-corrected chi connectivity index (χ1v) is 9.28. The summed E-state index contributed by atoms with van der Waals surface area (Å²) in [5.41, 5.74) is 1.90. The smallest absolute Gasteiger partial charge is 0.270 e. The van der Waals surface area contributed by atoms with E-state index in [1.165, 1.54) is 18.5 Å². The van der Waals surface area contributed by atoms with Gasteiger partial charge < -0.3 is 10.6 Å². The molecule has 29 heavy (non-hydrogen) atoms. The van der Waals surface area contributed by atoms with Crippen LogP contribution in [0.15, 0.2) is 48.8 Å². The molecule has 1 amide bonds. The summed E-state index contributed by atoms with van der Waals surface area (Å²) in [6.07, 6.45) is 1.40. The summed E-state index contributed by atoms with van der Waals surface area (Å²) in [7, 11) is 0. The number of anilines is 3. The van der Waals surface area contributed by atoms with Crippen LogP contribution in [0.4, 0.5) is 22.9 Å². The van der Waals surface area contributed by atoms with E-state index in [2.05, 4.69) is 20.6 Å². The van der Waals surface area contributed by atoms with Gasteiger partial charge in [0.05, 0.1) is 17.0 Å². The minimum atomic E-state index is -0.456. The molecule has 150 valence electrons. The predicted octanol–water partition coefficient (Wildman–Crippen LogP) is 3.56. The molecule has 0 fully saturated rings. The zero-order valence-electron chi connectivity index (χ0n) is 16.3. The van der Waals surface area contributed by atoms with Gasteiger partial charge in [-0.2, -0.15) is 0 Å². The van der Waals surface area contributed by atoms with Crippen molar-refractivity contribution in [2.24, 2.45) is 0 Å². The van der Waals surface area contributed by atoms with Crippen molar-refractivity contribution in [2.75, 3.05) is 30.3 Å². The molecule has 0 saturated heterocycles. The van der Waals surface area contributed by atoms with Crippen molar-refractivity contribution in [3.05, 3.63) is 58.9 Å². The maximum Gasteiger partial charge on any atom is 0.270 e. The molecule has 9 nitrogen and oxygen atoms in total. The first-order chi connectivity index (χ1) is 14.0. The first-order valence-electron chi connectivity index (χ1n) is 9.28. The summed E-state index contributed by atoms with van der Waals surface area (Å²) in [6.45, 7) is 5.96. The van der Waals surface area contributed by atoms with E-state index >= 15 is 0 Å². The molecule has 3 rings (SSSR count). The van der Waals surface area contributed by atoms with Crippen LogP contribution in [-0.2, 0) is 4.79 Å². The Morgan fingerprint density at radius 1 is 1.10 bits per heavy atom. The summed E-state index contributed by atoms with van der Waals surface area (Å²) >= 11 is 0. The maximum absolute atomic E-state index is 12.2. The Labute approximate surface area is 167 Å². The number of benzene rings is 2. The molecule has 1 aromatic heterocycles. The van der Waals surface area contributed by atoms with Gasteiger partial charge in [-0.15, -0.1) is 0 Å². The predicted molar refractivity (Wildman–Crippen MR) is 112 cm³/mol. The number of non-ortho nitro benzene ring substituents is 1. The van der Waals surface area contributed by atoms with Crippen molar-refractivity contribution >= 4 is 39.7 Å². The maximum atomic E-state index is 12.2. The number of hydrogen-bond acceptors (Lipinski definition) is 7. The van der Waals surface area contributed by atoms with Crippen LogP contribution in [0.5, 0.6) is 0 Å². The van der Waals surface area contributed by atoms with Gasteiger partial charge >= 0.3 is 0 Å². The van der Waals surface area contributed by atoms with Gasteiger partial charge in [0.1, 0.15) is 12.1 Å². The van der Waals surface area contributed by atoms with Crippen molar-refractivity contribution in [2.45, 2.75) is 13.8 Å². The Morgan fingerprint density at radius 2 is 1.86 bits per heavy atom. The fourth-order valence-corrected chi connectivity index (χ4v) is 2.92. The van der Waals surface area contributed by atoms with Gasteiger partial charge in [0.15, 0.2) is 0 Å². The second kappa shape index (κ2) is 9.07. The van der Waals surface area contributed by atoms with Crippen LogP contribution in [0.2, 0.25) is 0 Å². The molecule has 0 aliphatic rings. The lowest BCUT2D eigenvalue weighted by atomic mass is 10.2. The summed E-state index contributed by atoms with van der Waals surface area (Å²) < 4.78 is 0. The number of aromatic nitrogens is 2. The Hall–Kier alpha value is -3.59. The van der Waals surface area contributed by atoms with E-state index in [1.54, 1.807) is 24.3 Å². The summed E-state index contributed by atoms with van der Waals surface area (Å²) in [5.74, 6) is 0.360. The average Bonchev–Trinajstić information content (AvgIpc) is 2.72. The molecule has 0 aliphatic heterocycles. The van der Waals surface area contributed by atoms with Crippen LogP contribution in [0.1, 0.15) is 13.8 Å². The zero-order chi connectivity index (χ0) is 20.8. The normalized spacial score (nSPS) is 10.9. The lowest BCUT2D eigenvalue weighted by Gasteiger charge is -2.17. The summed E-state index contributed by atoms with van der Waals surface area (Å²) in [6, 6.07) is 11.6. The summed E-state index contributed by atoms with van der Waals surface area (Å²) in [5, 5.41) is 17.7. The van der Waals surface area contributed by atoms with Gasteiger partial charge in [0.25, 0.3) is 5.69 Å². The van der Waals surface area contributed by atoms with E-state index in [4.69, 9.17) is 0 Å². The van der Waals surface area contributed by atoms with Gasteiger partial charge in [-0.05, 0) is 37.4 Å². The third-order valence-corrected chi connectivity index (χ3v) is 4.50. The highest BCUT2D eigenvalue weighted by atomic mass is 16.6. The van der Waals surface area contributed by atoms with Crippen LogP contribution >= 0.6 is 0 Å². The number of carbonyl (C=O) groups excluding carboxylic acids is 1. The molecule has 0 radical (unpaired) electrons. The molecule has 3 aromatic rings. The van der Waals surface area contributed by atoms with Crippen LogP contribution in [0.25, 0.3) is 10.9 Å². The van der Waals surface area contributed by atoms with Crippen molar-refractivity contribution in [3.63, 3.8) is 0 Å². The number of carbonyl (C=O) groups is 1. The number of fused-ring (bicyclic) bond motifs is 1. The van der Waals surface area contributed by atoms with E-state index < -0.39 is 4.92 Å². The van der Waals surface area contributed by atoms with Crippen LogP contribution in [0, 0.1) is 10.1 Å². The van der Waals surface area contributed by atoms with E-state index in [9.17, 15) is 14.9 Å². The van der Waals surface area contributed by atoms with Gasteiger partial charge in [-0.1, -0.05) is 19.9 Å². The van der Waals surface area contributed by atoms with Crippen LogP contribution in [-0.4, -0.2) is 45.3 Å². The standard InChI is InChI=1S/C20H22N6O3/c1-3-25(4-2)12-19(27)23-14-6-5-7-15(10-14)24-20-17-11-16(26(28)29)8-9-18(17)21-13-22-20/h5-11,13H,3-4,12H2,1-2H3,(H,23,27)(H,21,22,24). The second-order valence-electron chi connectivity index (χ2n) is 6.40. The molecule has 0 aliphatic carbocycles. The lowest BCUT2D eigenvalue weighted by Crippen LogP contribution is -2.32. The SMILES string of the molecule is CCN(CC)CC(=O)Nc1cccc(Nc2ncnc3ccc([N+](=O)[O-])cc23)c1. The molecule has 9 heteroatoms. The summed E-state index contributed by atoms with van der Waals surface area (Å²) in [4.78, 5) is 33.2. The topological polar surface area (TPSA) is 113 Å². The monoisotopic (exact) mass is 394 g/mol. The minimum Gasteiger partial charge on any atom is -0.340 e. The largest absolute Gasteiger partial charge is 0.340 e. The molecular weight excluding hydrogens is 372 g/mol. The highest BCUT2D eigenvalue weighted by molar-refractivity contribution is 5.94. The molecule has 1 heterocycles. The number of nitrogens with one attached hydrogen (secondary N) is 2. The second-order valence-corrected chi connectivity index (χ2v) is 6.40. The molecule has 2 aromatic carbocycles. The van der Waals surface area contributed by atoms with Crippen molar-refractivity contribution in [3.8, 4) is 0 Å². The third-order valence-electron chi connectivity index (χ3n) is 4.50. The number of rotatable bonds is 8. The van der Waals surface area contributed by atoms with Crippen molar-refractivity contribution in [1.82, 2.24) is 14.9 Å². The highest BCUT2D eigenvalue weighted by Gasteiger charge is 2.12. The molecule has 0 unspecified atom stereocenters. The molecule has 0 atom stereocenters. The molecule has 0 bridgehead atoms. The van der Waals surface area contributed by atoms with E-state index in [0.29, 0.717) is 34.6 Å². The average molecular weight is 394 g/mol. The molecule has 0 saturated carbocycles. The number of nitro groups is 1. The van der Waals surface area contributed by atoms with Crippen molar-refractivity contribution < 1.29 is 9.72 Å². The van der Waals surface area contributed by atoms with Gasteiger partial charge in [0.2, 0.25) is 5.91 Å². The number of nitro benzene ring substituents is 1. The lowest BCUT2D eigenvalue weighted by molar-refractivity contribution is -0.384. The van der Waals surface area contributed by atoms with Gasteiger partial charge in [-0.25, -0.2) is 9.97 Å². The Balaban J connectivity index is 1.81. The molecule has 2 N–H and O–H groups in total. The third kappa shape index (κ3) is 5.02. The van der Waals surface area contributed by atoms with Gasteiger partial charge in [0, 0.05) is 28.9 Å². The van der Waals surface area contributed by atoms with Crippen LogP contribution < -0.4 is 10.6 Å². The zero-order valence-corrected chi connectivity index (χ0v) is 16.3. The quantitative estimate of drug-likeness (QED) is 0.443. The number of likely N-dealkylation sites (N-methyl/N-ethyl adjacent to an activating group) is 1. The van der Waals surface area contributed by atoms with E-state index in [1.807, 2.05) is 24.8 Å². The van der Waals surface area contributed by atoms with Crippen LogP contribution in [0.3, 0.4) is 0 Å². The number of hydrogen-bond donors (Lipinski definition) is 2. The van der Waals surface area contributed by atoms with E-state index in [-0.39, 0.29) is 11.6 Å². The van der Waals surface area contributed by atoms with Crippen molar-refractivity contribution in [1.29, 1.82) is 0 Å². The molecule has 0 spiro atoms. The highest BCUT2D eigenvalue weighted by Crippen LogP contribution is 2.27. The number of nitrogens with zero attached hydrogens (tertiary/aromatic N) is 4. The Morgan fingerprint density at radius 3 is 2.59 bits per heavy atom. The van der Waals surface area contributed by atoms with E-state index in [0.717, 1.165) is 13.1 Å². The minimum absolute atomic E-state index is 0.0345. The fraction of sp³-hybridized carbons (Fsp3) is 0.250. The Bertz CT molecular complexity index is 1040. The Kier molecular flexibility index (Phi) is 6.30.